The maximum atomic E-state index is 13.1. The summed E-state index contributed by atoms with van der Waals surface area (Å²) in [6.07, 6.45) is 5.49. The fourth-order valence-corrected chi connectivity index (χ4v) is 6.30. The second kappa shape index (κ2) is 7.77. The van der Waals surface area contributed by atoms with Gasteiger partial charge in [-0.25, -0.2) is 14.7 Å². The average molecular weight is 447 g/mol. The number of aromatic nitrogens is 1. The van der Waals surface area contributed by atoms with Gasteiger partial charge < -0.3 is 5.32 Å². The van der Waals surface area contributed by atoms with E-state index < -0.39 is 5.54 Å². The minimum absolute atomic E-state index is 0.0235. The average Bonchev–Trinajstić information content (AvgIpc) is 3.25. The number of fused-ring (bicyclic) bond motifs is 1. The molecule has 6 nitrogen and oxygen atoms in total. The van der Waals surface area contributed by atoms with Crippen molar-refractivity contribution in [2.45, 2.75) is 56.9 Å². The summed E-state index contributed by atoms with van der Waals surface area (Å²) >= 11 is 7.84. The molecule has 0 bridgehead atoms. The standard InChI is InChI=1S/C22H27ClN4O2S/c1-14-4-8-22(9-5-14)20(28)27(21(29)25-22)13-26-10-6-15(7-11-26)19-24-17-12-16(23)2-3-18(17)30-19/h2-3,12,14-15H,4-11,13H2,1H3,(H,25,29). The smallest absolute Gasteiger partial charge is 0.323 e. The predicted molar refractivity (Wildman–Crippen MR) is 119 cm³/mol. The molecule has 1 spiro atoms. The second-order valence-corrected chi connectivity index (χ2v) is 10.6. The number of imide groups is 1. The summed E-state index contributed by atoms with van der Waals surface area (Å²) in [5.41, 5.74) is 0.320. The van der Waals surface area contributed by atoms with E-state index in [1.54, 1.807) is 11.3 Å². The summed E-state index contributed by atoms with van der Waals surface area (Å²) < 4.78 is 1.17. The Morgan fingerprint density at radius 2 is 1.93 bits per heavy atom. The number of carbonyl (C=O) groups excluding carboxylic acids is 2. The zero-order chi connectivity index (χ0) is 20.9. The lowest BCUT2D eigenvalue weighted by Gasteiger charge is -2.35. The first-order chi connectivity index (χ1) is 14.4. The Kier molecular flexibility index (Phi) is 5.24. The fourth-order valence-electron chi connectivity index (χ4n) is 5.01. The maximum Gasteiger partial charge on any atom is 0.326 e. The highest BCUT2D eigenvalue weighted by Crippen LogP contribution is 2.37. The van der Waals surface area contributed by atoms with Gasteiger partial charge >= 0.3 is 6.03 Å². The van der Waals surface area contributed by atoms with Crippen molar-refractivity contribution in [1.82, 2.24) is 20.1 Å². The van der Waals surface area contributed by atoms with Crippen LogP contribution in [0.2, 0.25) is 5.02 Å². The SMILES string of the molecule is CC1CCC2(CC1)NC(=O)N(CN1CCC(c3nc4cc(Cl)ccc4s3)CC1)C2=O. The first-order valence-corrected chi connectivity index (χ1v) is 12.1. The van der Waals surface area contributed by atoms with E-state index in [9.17, 15) is 9.59 Å². The van der Waals surface area contributed by atoms with E-state index in [0.717, 1.165) is 62.1 Å². The van der Waals surface area contributed by atoms with Gasteiger partial charge in [0.05, 0.1) is 21.9 Å². The summed E-state index contributed by atoms with van der Waals surface area (Å²) in [5, 5.41) is 4.90. The normalized spacial score (nSPS) is 28.6. The van der Waals surface area contributed by atoms with Crippen molar-refractivity contribution in [3.63, 3.8) is 0 Å². The molecule has 1 aromatic carbocycles. The number of carbonyl (C=O) groups is 2. The van der Waals surface area contributed by atoms with Crippen LogP contribution in [0.1, 0.15) is 56.4 Å². The van der Waals surface area contributed by atoms with Crippen molar-refractivity contribution in [1.29, 1.82) is 0 Å². The maximum absolute atomic E-state index is 13.1. The highest BCUT2D eigenvalue weighted by molar-refractivity contribution is 7.18. The Morgan fingerprint density at radius 3 is 2.67 bits per heavy atom. The van der Waals surface area contributed by atoms with Crippen LogP contribution in [0.25, 0.3) is 10.2 Å². The van der Waals surface area contributed by atoms with E-state index >= 15 is 0 Å². The minimum atomic E-state index is -0.649. The van der Waals surface area contributed by atoms with Gasteiger partial charge in [-0.15, -0.1) is 11.3 Å². The summed E-state index contributed by atoms with van der Waals surface area (Å²) in [7, 11) is 0. The highest BCUT2D eigenvalue weighted by atomic mass is 35.5. The molecule has 30 heavy (non-hydrogen) atoms. The van der Waals surface area contributed by atoms with E-state index in [1.807, 2.05) is 18.2 Å². The molecule has 3 fully saturated rings. The molecular formula is C22H27ClN4O2S. The quantitative estimate of drug-likeness (QED) is 0.700. The topological polar surface area (TPSA) is 65.5 Å². The Bertz CT molecular complexity index is 977. The molecular weight excluding hydrogens is 420 g/mol. The van der Waals surface area contributed by atoms with Gasteiger partial charge in [0, 0.05) is 24.0 Å². The number of hydrogen-bond donors (Lipinski definition) is 1. The summed E-state index contributed by atoms with van der Waals surface area (Å²) in [6, 6.07) is 5.64. The highest BCUT2D eigenvalue weighted by Gasteiger charge is 2.52. The third-order valence-electron chi connectivity index (χ3n) is 7.02. The van der Waals surface area contributed by atoms with Crippen molar-refractivity contribution in [2.75, 3.05) is 19.8 Å². The van der Waals surface area contributed by atoms with E-state index in [4.69, 9.17) is 16.6 Å². The number of thiazole rings is 1. The number of nitrogens with zero attached hydrogens (tertiary/aromatic N) is 3. The molecule has 3 heterocycles. The molecule has 0 unspecified atom stereocenters. The van der Waals surface area contributed by atoms with Crippen LogP contribution in [0.4, 0.5) is 4.79 Å². The third-order valence-corrected chi connectivity index (χ3v) is 8.45. The Hall–Kier alpha value is -1.70. The van der Waals surface area contributed by atoms with E-state index in [2.05, 4.69) is 17.1 Å². The van der Waals surface area contributed by atoms with Gasteiger partial charge in [-0.2, -0.15) is 0 Å². The number of nitrogens with one attached hydrogen (secondary N) is 1. The lowest BCUT2D eigenvalue weighted by atomic mass is 9.77. The van der Waals surface area contributed by atoms with Crippen molar-refractivity contribution < 1.29 is 9.59 Å². The predicted octanol–water partition coefficient (Wildman–Crippen LogP) is 4.59. The molecule has 2 aromatic rings. The number of benzene rings is 1. The van der Waals surface area contributed by atoms with Crippen molar-refractivity contribution in [3.8, 4) is 0 Å². The molecule has 0 atom stereocenters. The molecule has 2 aliphatic heterocycles. The van der Waals surface area contributed by atoms with Crippen molar-refractivity contribution >= 4 is 45.1 Å². The molecule has 160 valence electrons. The number of amides is 3. The van der Waals surface area contributed by atoms with Crippen LogP contribution < -0.4 is 5.32 Å². The van der Waals surface area contributed by atoms with Gasteiger partial charge in [0.2, 0.25) is 0 Å². The second-order valence-electron chi connectivity index (χ2n) is 9.13. The Labute approximate surface area is 185 Å². The van der Waals surface area contributed by atoms with Crippen LogP contribution in [0, 0.1) is 5.92 Å². The lowest BCUT2D eigenvalue weighted by Crippen LogP contribution is -2.50. The molecule has 2 saturated heterocycles. The summed E-state index contributed by atoms with van der Waals surface area (Å²) in [6.45, 7) is 4.34. The largest absolute Gasteiger partial charge is 0.326 e. The number of hydrogen-bond acceptors (Lipinski definition) is 5. The lowest BCUT2D eigenvalue weighted by molar-refractivity contribution is -0.134. The molecule has 1 saturated carbocycles. The molecule has 3 amide bonds. The Morgan fingerprint density at radius 1 is 1.20 bits per heavy atom. The van der Waals surface area contributed by atoms with Crippen molar-refractivity contribution in [3.05, 3.63) is 28.2 Å². The van der Waals surface area contributed by atoms with Crippen LogP contribution in [0.3, 0.4) is 0 Å². The van der Waals surface area contributed by atoms with Gasteiger partial charge in [0.25, 0.3) is 5.91 Å². The zero-order valence-corrected chi connectivity index (χ0v) is 18.8. The van der Waals surface area contributed by atoms with Crippen LogP contribution in [-0.4, -0.2) is 52.0 Å². The van der Waals surface area contributed by atoms with Gasteiger partial charge in [0.1, 0.15) is 5.54 Å². The zero-order valence-electron chi connectivity index (χ0n) is 17.2. The summed E-state index contributed by atoms with van der Waals surface area (Å²) in [4.78, 5) is 34.1. The number of likely N-dealkylation sites (tertiary alicyclic amines) is 1. The molecule has 8 heteroatoms. The molecule has 1 N–H and O–H groups in total. The first kappa shape index (κ1) is 20.2. The van der Waals surface area contributed by atoms with Gasteiger partial charge in [-0.3, -0.25) is 9.69 Å². The van der Waals surface area contributed by atoms with Crippen molar-refractivity contribution in [2.24, 2.45) is 5.92 Å². The van der Waals surface area contributed by atoms with Crippen LogP contribution in [-0.2, 0) is 4.79 Å². The van der Waals surface area contributed by atoms with E-state index in [-0.39, 0.29) is 11.9 Å². The molecule has 1 aliphatic carbocycles. The summed E-state index contributed by atoms with van der Waals surface area (Å²) in [5.74, 6) is 1.03. The first-order valence-electron chi connectivity index (χ1n) is 10.9. The van der Waals surface area contributed by atoms with Crippen LogP contribution in [0.5, 0.6) is 0 Å². The van der Waals surface area contributed by atoms with Crippen LogP contribution >= 0.6 is 22.9 Å². The van der Waals surface area contributed by atoms with Crippen LogP contribution in [0.15, 0.2) is 18.2 Å². The number of halogens is 1. The molecule has 5 rings (SSSR count). The number of urea groups is 1. The minimum Gasteiger partial charge on any atom is -0.323 e. The number of rotatable bonds is 3. The van der Waals surface area contributed by atoms with Gasteiger partial charge in [-0.1, -0.05) is 18.5 Å². The molecule has 3 aliphatic rings. The Balaban J connectivity index is 1.21. The van der Waals surface area contributed by atoms with Gasteiger partial charge in [-0.05, 0) is 62.6 Å². The molecule has 0 radical (unpaired) electrons. The molecule has 1 aromatic heterocycles. The van der Waals surface area contributed by atoms with E-state index in [0.29, 0.717) is 23.5 Å². The number of piperidine rings is 1. The fraction of sp³-hybridized carbons (Fsp3) is 0.591. The third kappa shape index (κ3) is 3.61. The van der Waals surface area contributed by atoms with E-state index in [1.165, 1.54) is 9.60 Å². The van der Waals surface area contributed by atoms with Gasteiger partial charge in [0.15, 0.2) is 0 Å². The monoisotopic (exact) mass is 446 g/mol.